The molecule has 0 rings (SSSR count). The van der Waals surface area contributed by atoms with Crippen molar-refractivity contribution in [1.82, 2.24) is 15.1 Å². The fourth-order valence-corrected chi connectivity index (χ4v) is 1.47. The molecule has 3 N–H and O–H groups in total. The van der Waals surface area contributed by atoms with E-state index < -0.39 is 0 Å². The third-order valence-corrected chi connectivity index (χ3v) is 2.43. The van der Waals surface area contributed by atoms with Gasteiger partial charge in [-0.2, -0.15) is 0 Å². The molecule has 0 aromatic heterocycles. The van der Waals surface area contributed by atoms with Crippen LogP contribution >= 0.6 is 24.6 Å². The first-order valence-corrected chi connectivity index (χ1v) is 7.13. The van der Waals surface area contributed by atoms with Crippen LogP contribution in [-0.2, 0) is 31.8 Å². The lowest BCUT2D eigenvalue weighted by Gasteiger charge is -2.17. The van der Waals surface area contributed by atoms with Crippen LogP contribution in [0.15, 0.2) is 24.8 Å². The first kappa shape index (κ1) is 22.2. The van der Waals surface area contributed by atoms with E-state index in [2.05, 4.69) is 24.1 Å². The summed E-state index contributed by atoms with van der Waals surface area (Å²) in [6, 6.07) is 0. The van der Waals surface area contributed by atoms with Gasteiger partial charge in [-0.1, -0.05) is 10.1 Å². The third kappa shape index (κ3) is 15.9. The van der Waals surface area contributed by atoms with Crippen molar-refractivity contribution in [3.8, 4) is 0 Å². The highest BCUT2D eigenvalue weighted by atomic mass is 32.2. The molecule has 0 amide bonds. The predicted molar refractivity (Wildman–Crippen MR) is 79.6 cm³/mol. The van der Waals surface area contributed by atoms with Crippen LogP contribution in [0.1, 0.15) is 0 Å². The summed E-state index contributed by atoms with van der Waals surface area (Å²) in [6.07, 6.45) is 6.66. The van der Waals surface area contributed by atoms with Crippen molar-refractivity contribution < 1.29 is 42.4 Å². The van der Waals surface area contributed by atoms with E-state index in [4.69, 9.17) is 23.6 Å². The van der Waals surface area contributed by atoms with Gasteiger partial charge in [0.25, 0.3) is 0 Å². The second-order valence-corrected chi connectivity index (χ2v) is 4.49. The van der Waals surface area contributed by atoms with Crippen LogP contribution in [0.5, 0.6) is 0 Å². The zero-order chi connectivity index (χ0) is 17.2. The lowest BCUT2D eigenvalue weighted by atomic mass is 10.7. The molecule has 14 heteroatoms. The van der Waals surface area contributed by atoms with E-state index in [9.17, 15) is 0 Å². The fraction of sp³-hybridized carbons (Fsp3) is 0.556. The minimum Gasteiger partial charge on any atom is -0.365 e. The quantitative estimate of drug-likeness (QED) is 0.117. The molecule has 12 nitrogen and oxygen atoms in total. The molecule has 0 aliphatic heterocycles. The van der Waals surface area contributed by atoms with Gasteiger partial charge in [0.05, 0.1) is 0 Å². The monoisotopic (exact) mass is 377 g/mol. The molecule has 0 heterocycles. The molecule has 0 bridgehead atoms. The Hall–Kier alpha value is -0.780. The molecule has 0 atom stereocenters. The Morgan fingerprint density at radius 1 is 0.957 bits per heavy atom. The minimum absolute atomic E-state index is 0.0139. The first-order chi connectivity index (χ1) is 11.2. The molecule has 0 spiro atoms. The highest BCUT2D eigenvalue weighted by Crippen LogP contribution is 2.09. The van der Waals surface area contributed by atoms with Crippen LogP contribution in [0.2, 0.25) is 0 Å². The van der Waals surface area contributed by atoms with Crippen LogP contribution in [0.4, 0.5) is 0 Å². The van der Waals surface area contributed by atoms with Crippen LogP contribution in [0, 0.1) is 0 Å². The summed E-state index contributed by atoms with van der Waals surface area (Å²) in [5.74, 6) is 0. The number of ether oxygens (including phenoxy) is 1. The Labute approximate surface area is 142 Å². The lowest BCUT2D eigenvalue weighted by molar-refractivity contribution is -0.434. The number of nitrogens with one attached hydrogen (secondary N) is 1. The SMILES string of the molecule is COCN(C)C=CNC=CN(COSOOO)COSOOO. The third-order valence-electron chi connectivity index (χ3n) is 1.79. The fourth-order valence-electron chi connectivity index (χ4n) is 0.987. The Balaban J connectivity index is 4.07. The van der Waals surface area contributed by atoms with Crippen molar-refractivity contribution in [2.45, 2.75) is 0 Å². The Morgan fingerprint density at radius 2 is 1.52 bits per heavy atom. The first-order valence-electron chi connectivity index (χ1n) is 5.80. The molecular weight excluding hydrogens is 358 g/mol. The summed E-state index contributed by atoms with van der Waals surface area (Å²) in [7, 11) is 3.45. The van der Waals surface area contributed by atoms with Gasteiger partial charge in [-0.05, 0) is 0 Å². The van der Waals surface area contributed by atoms with Gasteiger partial charge in [0.1, 0.15) is 20.2 Å². The summed E-state index contributed by atoms with van der Waals surface area (Å²) in [4.78, 5) is 3.34. The summed E-state index contributed by atoms with van der Waals surface area (Å²) in [5.41, 5.74) is 0. The summed E-state index contributed by atoms with van der Waals surface area (Å²) < 4.78 is 22.9. The maximum atomic E-state index is 7.95. The standard InChI is InChI=1S/C9H19N3O9S2/c1-11(7-15-2)5-3-10-4-6-12(8-16-22-20-18-13)9-17-23-21-19-14/h3-6,10,13-14H,7-9H2,1-2H3. The zero-order valence-corrected chi connectivity index (χ0v) is 14.0. The smallest absolute Gasteiger partial charge is 0.199 e. The van der Waals surface area contributed by atoms with Crippen LogP contribution in [0.25, 0.3) is 0 Å². The van der Waals surface area contributed by atoms with Crippen molar-refractivity contribution in [1.29, 1.82) is 0 Å². The normalized spacial score (nSPS) is 11.5. The van der Waals surface area contributed by atoms with Crippen molar-refractivity contribution in [2.24, 2.45) is 0 Å². The molecular formula is C9H19N3O9S2. The molecule has 23 heavy (non-hydrogen) atoms. The molecule has 136 valence electrons. The highest BCUT2D eigenvalue weighted by Gasteiger charge is 2.02. The number of nitrogens with zero attached hydrogens (tertiary/aromatic N) is 2. The number of rotatable bonds is 16. The van der Waals surface area contributed by atoms with Gasteiger partial charge in [0, 0.05) is 39.0 Å². The maximum absolute atomic E-state index is 7.95. The van der Waals surface area contributed by atoms with E-state index >= 15 is 0 Å². The van der Waals surface area contributed by atoms with E-state index in [1.807, 2.05) is 11.9 Å². The Bertz CT molecular complexity index is 302. The molecule has 0 radical (unpaired) electrons. The van der Waals surface area contributed by atoms with Crippen molar-refractivity contribution in [3.63, 3.8) is 0 Å². The Morgan fingerprint density at radius 3 is 2.04 bits per heavy atom. The average molecular weight is 377 g/mol. The van der Waals surface area contributed by atoms with Gasteiger partial charge in [-0.15, -0.1) is 8.67 Å². The topological polar surface area (TPSA) is 124 Å². The molecule has 0 aromatic rings. The van der Waals surface area contributed by atoms with Crippen molar-refractivity contribution in [3.05, 3.63) is 24.8 Å². The summed E-state index contributed by atoms with van der Waals surface area (Å²) in [6.45, 7) is 0.490. The largest absolute Gasteiger partial charge is 0.365 e. The number of hydrogen-bond acceptors (Lipinski definition) is 14. The Kier molecular flexibility index (Phi) is 17.0. The van der Waals surface area contributed by atoms with Gasteiger partial charge in [-0.3, -0.25) is 8.37 Å². The van der Waals surface area contributed by atoms with Crippen LogP contribution < -0.4 is 5.32 Å². The maximum Gasteiger partial charge on any atom is 0.199 e. The van der Waals surface area contributed by atoms with Crippen molar-refractivity contribution in [2.75, 3.05) is 34.3 Å². The van der Waals surface area contributed by atoms with E-state index in [0.29, 0.717) is 31.4 Å². The predicted octanol–water partition coefficient (Wildman–Crippen LogP) is 1.27. The van der Waals surface area contributed by atoms with Crippen LogP contribution in [-0.4, -0.2) is 54.7 Å². The molecule has 0 saturated heterocycles. The lowest BCUT2D eigenvalue weighted by Crippen LogP contribution is -2.22. The average Bonchev–Trinajstić information content (AvgIpc) is 2.54. The van der Waals surface area contributed by atoms with E-state index in [1.54, 1.807) is 31.9 Å². The van der Waals surface area contributed by atoms with E-state index in [0.717, 1.165) is 0 Å². The molecule has 0 unspecified atom stereocenters. The van der Waals surface area contributed by atoms with Gasteiger partial charge in [0.15, 0.2) is 24.6 Å². The van der Waals surface area contributed by atoms with Gasteiger partial charge in [-0.25, -0.2) is 10.5 Å². The summed E-state index contributed by atoms with van der Waals surface area (Å²) >= 11 is 0.835. The van der Waals surface area contributed by atoms with Gasteiger partial charge >= 0.3 is 0 Å². The zero-order valence-electron chi connectivity index (χ0n) is 12.4. The molecule has 0 fully saturated rings. The molecule has 0 aromatic carbocycles. The van der Waals surface area contributed by atoms with Crippen LogP contribution in [0.3, 0.4) is 0 Å². The molecule has 0 saturated carbocycles. The highest BCUT2D eigenvalue weighted by molar-refractivity contribution is 7.89. The van der Waals surface area contributed by atoms with Gasteiger partial charge < -0.3 is 19.9 Å². The summed E-state index contributed by atoms with van der Waals surface area (Å²) in [5, 5.41) is 25.5. The van der Waals surface area contributed by atoms with Gasteiger partial charge in [0.2, 0.25) is 0 Å². The second-order valence-electron chi connectivity index (χ2n) is 3.48. The molecule has 0 aliphatic rings. The number of methoxy groups -OCH3 is 1. The molecule has 0 aliphatic carbocycles. The van der Waals surface area contributed by atoms with E-state index in [-0.39, 0.29) is 13.5 Å². The van der Waals surface area contributed by atoms with E-state index in [1.165, 1.54) is 4.90 Å². The van der Waals surface area contributed by atoms with Crippen molar-refractivity contribution >= 4 is 24.6 Å². The number of hydrogen-bond donors (Lipinski definition) is 3. The second kappa shape index (κ2) is 17.6. The minimum atomic E-state index is 0.0139.